The Morgan fingerprint density at radius 3 is 2.42 bits per heavy atom. The number of morpholine rings is 1. The second-order valence-electron chi connectivity index (χ2n) is 8.44. The van der Waals surface area contributed by atoms with Crippen molar-refractivity contribution < 1.29 is 9.53 Å². The number of hydrogen-bond donors (Lipinski definition) is 0. The minimum atomic E-state index is -0.396. The van der Waals surface area contributed by atoms with E-state index in [0.717, 1.165) is 34.9 Å². The highest BCUT2D eigenvalue weighted by atomic mass is 35.5. The van der Waals surface area contributed by atoms with Crippen LogP contribution in [0.5, 0.6) is 0 Å². The lowest BCUT2D eigenvalue weighted by Gasteiger charge is -2.30. The number of aromatic nitrogens is 3. The molecule has 1 saturated heterocycles. The van der Waals surface area contributed by atoms with Crippen molar-refractivity contribution in [2.75, 3.05) is 26.3 Å². The fourth-order valence-corrected chi connectivity index (χ4v) is 6.03. The molecule has 1 aliphatic carbocycles. The Morgan fingerprint density at radius 2 is 1.70 bits per heavy atom. The average Bonchev–Trinajstić information content (AvgIpc) is 3.53. The third kappa shape index (κ3) is 4.81. The van der Waals surface area contributed by atoms with E-state index in [1.807, 2.05) is 59.5 Å². The molecule has 8 heteroatoms. The number of amides is 1. The summed E-state index contributed by atoms with van der Waals surface area (Å²) in [6.45, 7) is 2.38. The quantitative estimate of drug-likeness (QED) is 0.440. The maximum atomic E-state index is 13.6. The van der Waals surface area contributed by atoms with Crippen molar-refractivity contribution in [1.82, 2.24) is 19.7 Å². The zero-order chi connectivity index (χ0) is 22.6. The van der Waals surface area contributed by atoms with E-state index in [1.54, 1.807) is 0 Å². The molecule has 1 amide bonds. The number of benzene rings is 2. The van der Waals surface area contributed by atoms with E-state index in [1.165, 1.54) is 24.6 Å². The van der Waals surface area contributed by atoms with Crippen molar-refractivity contribution >= 4 is 29.3 Å². The summed E-state index contributed by atoms with van der Waals surface area (Å²) in [7, 11) is 0. The summed E-state index contributed by atoms with van der Waals surface area (Å²) < 4.78 is 7.69. The number of halogens is 1. The van der Waals surface area contributed by atoms with Crippen LogP contribution in [0.15, 0.2) is 59.8 Å². The topological polar surface area (TPSA) is 60.2 Å². The SMILES string of the molecule is O=C([C@@H](Sc1nnc(-c2ccccc2Cl)n1C1CCCC1)c1ccccc1)N1CCOCC1. The zero-order valence-electron chi connectivity index (χ0n) is 18.4. The van der Waals surface area contributed by atoms with Crippen LogP contribution in [0.25, 0.3) is 11.4 Å². The Hall–Kier alpha value is -2.35. The van der Waals surface area contributed by atoms with Crippen molar-refractivity contribution in [3.8, 4) is 11.4 Å². The average molecular weight is 483 g/mol. The maximum absolute atomic E-state index is 13.6. The first-order chi connectivity index (χ1) is 16.2. The van der Waals surface area contributed by atoms with Crippen molar-refractivity contribution in [3.63, 3.8) is 0 Å². The number of ether oxygens (including phenoxy) is 1. The van der Waals surface area contributed by atoms with Gasteiger partial charge in [0.2, 0.25) is 5.91 Å². The van der Waals surface area contributed by atoms with Gasteiger partial charge in [0, 0.05) is 24.7 Å². The number of nitrogens with zero attached hydrogens (tertiary/aromatic N) is 4. The fourth-order valence-electron chi connectivity index (χ4n) is 4.62. The first-order valence-corrected chi connectivity index (χ1v) is 12.8. The Bertz CT molecular complexity index is 1090. The Morgan fingerprint density at radius 1 is 1.00 bits per heavy atom. The van der Waals surface area contributed by atoms with Crippen LogP contribution in [0.3, 0.4) is 0 Å². The molecule has 2 aromatic carbocycles. The van der Waals surface area contributed by atoms with Gasteiger partial charge in [-0.3, -0.25) is 9.36 Å². The van der Waals surface area contributed by atoms with Crippen LogP contribution in [0.2, 0.25) is 5.02 Å². The van der Waals surface area contributed by atoms with E-state index >= 15 is 0 Å². The van der Waals surface area contributed by atoms with Gasteiger partial charge in [-0.25, -0.2) is 0 Å². The van der Waals surface area contributed by atoms with Crippen LogP contribution >= 0.6 is 23.4 Å². The standard InChI is InChI=1S/C25H27ClN4O2S/c26-21-13-7-6-12-20(21)23-27-28-25(30(23)19-10-4-5-11-19)33-22(18-8-2-1-3-9-18)24(31)29-14-16-32-17-15-29/h1-3,6-9,12-13,19,22H,4-5,10-11,14-17H2/t22-/m0/s1. The second-order valence-corrected chi connectivity index (χ2v) is 9.92. The lowest BCUT2D eigenvalue weighted by atomic mass is 10.1. The molecule has 2 heterocycles. The molecule has 172 valence electrons. The molecule has 0 radical (unpaired) electrons. The predicted octanol–water partition coefficient (Wildman–Crippen LogP) is 5.41. The van der Waals surface area contributed by atoms with Gasteiger partial charge in [-0.15, -0.1) is 10.2 Å². The summed E-state index contributed by atoms with van der Waals surface area (Å²) in [5.74, 6) is 0.871. The van der Waals surface area contributed by atoms with E-state index in [0.29, 0.717) is 37.4 Å². The molecule has 1 saturated carbocycles. The van der Waals surface area contributed by atoms with Crippen LogP contribution in [-0.4, -0.2) is 51.9 Å². The lowest BCUT2D eigenvalue weighted by Crippen LogP contribution is -2.42. The van der Waals surface area contributed by atoms with Gasteiger partial charge in [-0.1, -0.05) is 78.7 Å². The second kappa shape index (κ2) is 10.3. The summed E-state index contributed by atoms with van der Waals surface area (Å²) in [6, 6.07) is 18.0. The van der Waals surface area contributed by atoms with Gasteiger partial charge in [0.05, 0.1) is 18.2 Å². The predicted molar refractivity (Wildman–Crippen MR) is 130 cm³/mol. The van der Waals surface area contributed by atoms with E-state index in [9.17, 15) is 4.79 Å². The number of carbonyl (C=O) groups is 1. The van der Waals surface area contributed by atoms with E-state index in [4.69, 9.17) is 16.3 Å². The maximum Gasteiger partial charge on any atom is 0.240 e. The van der Waals surface area contributed by atoms with Crippen molar-refractivity contribution in [2.45, 2.75) is 42.1 Å². The molecular weight excluding hydrogens is 456 g/mol. The minimum Gasteiger partial charge on any atom is -0.378 e. The lowest BCUT2D eigenvalue weighted by molar-refractivity contribution is -0.134. The third-order valence-corrected chi connectivity index (χ3v) is 7.87. The van der Waals surface area contributed by atoms with Crippen LogP contribution in [0.4, 0.5) is 0 Å². The monoisotopic (exact) mass is 482 g/mol. The van der Waals surface area contributed by atoms with Gasteiger partial charge < -0.3 is 9.64 Å². The molecule has 6 nitrogen and oxygen atoms in total. The summed E-state index contributed by atoms with van der Waals surface area (Å²) >= 11 is 8.03. The highest BCUT2D eigenvalue weighted by molar-refractivity contribution is 8.00. The molecule has 1 aromatic heterocycles. The Labute approximate surface area is 203 Å². The van der Waals surface area contributed by atoms with E-state index in [-0.39, 0.29) is 5.91 Å². The number of rotatable bonds is 6. The van der Waals surface area contributed by atoms with E-state index in [2.05, 4.69) is 14.8 Å². The van der Waals surface area contributed by atoms with Crippen LogP contribution < -0.4 is 0 Å². The third-order valence-electron chi connectivity index (χ3n) is 6.34. The number of carbonyl (C=O) groups excluding carboxylic acids is 1. The molecule has 0 N–H and O–H groups in total. The van der Waals surface area contributed by atoms with E-state index < -0.39 is 5.25 Å². The van der Waals surface area contributed by atoms with Crippen LogP contribution in [0, 0.1) is 0 Å². The van der Waals surface area contributed by atoms with Gasteiger partial charge >= 0.3 is 0 Å². The summed E-state index contributed by atoms with van der Waals surface area (Å²) in [6.07, 6.45) is 4.53. The number of hydrogen-bond acceptors (Lipinski definition) is 5. The van der Waals surface area contributed by atoms with Crippen LogP contribution in [-0.2, 0) is 9.53 Å². The first-order valence-electron chi connectivity index (χ1n) is 11.5. The first kappa shape index (κ1) is 22.4. The molecule has 1 aliphatic heterocycles. The van der Waals surface area contributed by atoms with Crippen molar-refractivity contribution in [3.05, 3.63) is 65.2 Å². The smallest absolute Gasteiger partial charge is 0.240 e. The van der Waals surface area contributed by atoms with Gasteiger partial charge in [-0.2, -0.15) is 0 Å². The summed E-state index contributed by atoms with van der Waals surface area (Å²) in [5.41, 5.74) is 1.85. The summed E-state index contributed by atoms with van der Waals surface area (Å²) in [5, 5.41) is 10.2. The molecule has 2 aliphatic rings. The normalized spacial score (nSPS) is 17.9. The van der Waals surface area contributed by atoms with Gasteiger partial charge in [-0.05, 0) is 30.5 Å². The largest absolute Gasteiger partial charge is 0.378 e. The number of thioether (sulfide) groups is 1. The minimum absolute atomic E-state index is 0.0924. The Kier molecular flexibility index (Phi) is 6.99. The highest BCUT2D eigenvalue weighted by Gasteiger charge is 2.32. The zero-order valence-corrected chi connectivity index (χ0v) is 20.0. The fraction of sp³-hybridized carbons (Fsp3) is 0.400. The van der Waals surface area contributed by atoms with Crippen LogP contribution in [0.1, 0.15) is 42.5 Å². The molecule has 3 aromatic rings. The molecule has 1 atom stereocenters. The molecule has 0 spiro atoms. The molecule has 33 heavy (non-hydrogen) atoms. The highest BCUT2D eigenvalue weighted by Crippen LogP contribution is 2.42. The molecule has 5 rings (SSSR count). The molecule has 0 unspecified atom stereocenters. The van der Waals surface area contributed by atoms with Crippen molar-refractivity contribution in [1.29, 1.82) is 0 Å². The molecule has 2 fully saturated rings. The van der Waals surface area contributed by atoms with Gasteiger partial charge in [0.15, 0.2) is 11.0 Å². The van der Waals surface area contributed by atoms with Gasteiger partial charge in [0.1, 0.15) is 5.25 Å². The molecule has 0 bridgehead atoms. The van der Waals surface area contributed by atoms with Crippen molar-refractivity contribution in [2.24, 2.45) is 0 Å². The Balaban J connectivity index is 1.54. The van der Waals surface area contributed by atoms with Gasteiger partial charge in [0.25, 0.3) is 0 Å². The molecular formula is C25H27ClN4O2S. The summed E-state index contributed by atoms with van der Waals surface area (Å²) in [4.78, 5) is 15.5.